The molecule has 1 heterocycles. The standard InChI is InChI=1S/C20H8Br2N2O9.Na/c21-14-16(25)11(23(29)30)5-9-13(7-3-1-2-4-8(7)20(27)28)10-6-12(24(31)32)17(26)15(22)19(10)33-18(9)14;/h1-6H,(H2-,25,26,27,28);/q;+1/p+1. The van der Waals surface area contributed by atoms with Crippen molar-refractivity contribution in [3.8, 4) is 22.6 Å². The molecule has 0 aliphatic heterocycles. The van der Waals surface area contributed by atoms with Crippen molar-refractivity contribution in [1.82, 2.24) is 0 Å². The molecule has 14 heteroatoms. The summed E-state index contributed by atoms with van der Waals surface area (Å²) in [5.41, 5.74) is -1.70. The van der Waals surface area contributed by atoms with Crippen molar-refractivity contribution in [2.75, 3.05) is 0 Å². The molecule has 0 atom stereocenters. The maximum atomic E-state index is 11.9. The van der Waals surface area contributed by atoms with E-state index in [4.69, 9.17) is 4.42 Å². The van der Waals surface area contributed by atoms with Gasteiger partial charge in [0.05, 0.1) is 26.2 Å². The van der Waals surface area contributed by atoms with Crippen molar-refractivity contribution in [3.63, 3.8) is 0 Å². The van der Waals surface area contributed by atoms with Gasteiger partial charge in [0, 0.05) is 17.7 Å². The van der Waals surface area contributed by atoms with Crippen molar-refractivity contribution >= 4 is 71.1 Å². The van der Waals surface area contributed by atoms with Crippen LogP contribution in [-0.2, 0) is 0 Å². The molecule has 0 aliphatic carbocycles. The van der Waals surface area contributed by atoms with Gasteiger partial charge in [-0.05, 0) is 43.5 Å². The number of phenols is 2. The number of halogens is 2. The van der Waals surface area contributed by atoms with Crippen LogP contribution in [0.3, 0.4) is 0 Å². The van der Waals surface area contributed by atoms with Crippen LogP contribution in [0.1, 0.15) is 10.4 Å². The minimum absolute atomic E-state index is 0. The number of carboxylic acids is 1. The van der Waals surface area contributed by atoms with E-state index in [-0.39, 0.29) is 77.1 Å². The second-order valence-electron chi connectivity index (χ2n) is 6.71. The number of nitrogens with zero attached hydrogens (tertiary/aromatic N) is 2. The van der Waals surface area contributed by atoms with Gasteiger partial charge in [-0.25, -0.2) is 9.21 Å². The predicted octanol–water partition coefficient (Wildman–Crippen LogP) is 2.99. The summed E-state index contributed by atoms with van der Waals surface area (Å²) in [6, 6.07) is 7.69. The number of aromatic carboxylic acids is 1. The zero-order chi connectivity index (χ0) is 24.2. The number of hydrogen-bond acceptors (Lipinski definition) is 7. The van der Waals surface area contributed by atoms with Gasteiger partial charge in [0.15, 0.2) is 8.95 Å². The van der Waals surface area contributed by atoms with Gasteiger partial charge in [0.1, 0.15) is 0 Å². The van der Waals surface area contributed by atoms with Gasteiger partial charge in [-0.3, -0.25) is 20.2 Å². The second-order valence-corrected chi connectivity index (χ2v) is 8.30. The number of rotatable bonds is 4. The summed E-state index contributed by atoms with van der Waals surface area (Å²) in [5.74, 6) is -2.79. The van der Waals surface area contributed by atoms with Gasteiger partial charge in [-0.1, -0.05) is 18.2 Å². The molecule has 0 aliphatic rings. The van der Waals surface area contributed by atoms with Crippen LogP contribution in [0.25, 0.3) is 33.1 Å². The summed E-state index contributed by atoms with van der Waals surface area (Å²) < 4.78 is 5.39. The monoisotopic (exact) mass is 602 g/mol. The fourth-order valence-corrected chi connectivity index (χ4v) is 4.49. The Kier molecular flexibility index (Phi) is 7.15. The van der Waals surface area contributed by atoms with Crippen LogP contribution in [0, 0.1) is 20.2 Å². The molecule has 11 nitrogen and oxygen atoms in total. The molecular weight excluding hydrogens is 595 g/mol. The molecule has 4 rings (SSSR count). The van der Waals surface area contributed by atoms with Crippen molar-refractivity contribution in [3.05, 3.63) is 71.1 Å². The summed E-state index contributed by atoms with van der Waals surface area (Å²) in [5, 5.41) is 53.3. The van der Waals surface area contributed by atoms with E-state index in [9.17, 15) is 40.3 Å². The van der Waals surface area contributed by atoms with Gasteiger partial charge in [-0.2, -0.15) is 0 Å². The van der Waals surface area contributed by atoms with E-state index in [0.29, 0.717) is 0 Å². The Morgan fingerprint density at radius 2 is 1.32 bits per heavy atom. The number of nitro groups is 2. The number of fused-ring (bicyclic) bond motifs is 2. The van der Waals surface area contributed by atoms with E-state index >= 15 is 0 Å². The smallest absolute Gasteiger partial charge is 0.501 e. The third kappa shape index (κ3) is 3.99. The number of aromatic hydroxyl groups is 2. The third-order valence-electron chi connectivity index (χ3n) is 4.91. The maximum absolute atomic E-state index is 11.9. The Morgan fingerprint density at radius 1 is 0.882 bits per heavy atom. The first kappa shape index (κ1) is 25.8. The van der Waals surface area contributed by atoms with Crippen molar-refractivity contribution in [2.45, 2.75) is 0 Å². The number of hydrogen-bond donors (Lipinski definition) is 3. The predicted molar refractivity (Wildman–Crippen MR) is 123 cm³/mol. The molecule has 0 spiro atoms. The van der Waals surface area contributed by atoms with Gasteiger partial charge in [-0.15, -0.1) is 0 Å². The largest absolute Gasteiger partial charge is 1.00 e. The van der Waals surface area contributed by atoms with E-state index in [1.54, 1.807) is 0 Å². The molecule has 0 amide bonds. The van der Waals surface area contributed by atoms with Gasteiger partial charge in [0.2, 0.25) is 11.5 Å². The summed E-state index contributed by atoms with van der Waals surface area (Å²) in [6.07, 6.45) is 0. The van der Waals surface area contributed by atoms with Crippen LogP contribution < -0.4 is 29.6 Å². The quantitative estimate of drug-likeness (QED) is 0.104. The number of phenolic OH excluding ortho intramolecular Hbond substituents is 2. The van der Waals surface area contributed by atoms with Crippen LogP contribution in [-0.4, -0.2) is 31.1 Å². The van der Waals surface area contributed by atoms with Crippen LogP contribution in [0.15, 0.2) is 49.8 Å². The SMILES string of the molecule is O=C(O)c1ccccc1-c1c2cc([N+](=O)[O-])c(O)c(Br)c2[o+]c2c(Br)c(O)c([N+](=O)[O-])cc12.[Na+]. The topological polar surface area (TPSA) is 175 Å². The molecule has 0 bridgehead atoms. The molecule has 0 radical (unpaired) electrons. The molecule has 3 aromatic carbocycles. The Labute approximate surface area is 227 Å². The van der Waals surface area contributed by atoms with E-state index in [0.717, 1.165) is 12.1 Å². The number of carbonyl (C=O) groups is 1. The first-order valence-corrected chi connectivity index (χ1v) is 10.4. The van der Waals surface area contributed by atoms with Gasteiger partial charge in [0.25, 0.3) is 0 Å². The number of carboxylic acid groups (broad SMARTS) is 1. The van der Waals surface area contributed by atoms with Crippen molar-refractivity contribution in [2.24, 2.45) is 0 Å². The molecule has 0 saturated carbocycles. The summed E-state index contributed by atoms with van der Waals surface area (Å²) >= 11 is 6.14. The number of benzene rings is 3. The Bertz CT molecular complexity index is 1480. The molecule has 34 heavy (non-hydrogen) atoms. The van der Waals surface area contributed by atoms with Crippen LogP contribution in [0.4, 0.5) is 11.4 Å². The first-order valence-electron chi connectivity index (χ1n) is 8.82. The second kappa shape index (κ2) is 9.43. The zero-order valence-electron chi connectivity index (χ0n) is 16.9. The Balaban J connectivity index is 0.00000324. The third-order valence-corrected chi connectivity index (χ3v) is 6.39. The van der Waals surface area contributed by atoms with E-state index < -0.39 is 38.7 Å². The fourth-order valence-electron chi connectivity index (χ4n) is 3.49. The molecular formula is C20H9Br2N2NaO9+2. The number of nitro benzene ring substituents is 2. The molecule has 4 aromatic rings. The van der Waals surface area contributed by atoms with Gasteiger partial charge >= 0.3 is 58.1 Å². The van der Waals surface area contributed by atoms with Crippen molar-refractivity contribution in [1.29, 1.82) is 0 Å². The normalized spacial score (nSPS) is 10.8. The first-order chi connectivity index (χ1) is 15.5. The molecule has 1 aromatic heterocycles. The molecule has 3 N–H and O–H groups in total. The van der Waals surface area contributed by atoms with Crippen molar-refractivity contribution < 1.29 is 63.9 Å². The van der Waals surface area contributed by atoms with E-state index in [1.807, 2.05) is 0 Å². The fraction of sp³-hybridized carbons (Fsp3) is 0. The molecule has 0 unspecified atom stereocenters. The molecule has 0 saturated heterocycles. The zero-order valence-corrected chi connectivity index (χ0v) is 22.1. The Hall–Kier alpha value is -2.84. The molecule has 0 fully saturated rings. The van der Waals surface area contributed by atoms with Gasteiger partial charge < -0.3 is 15.3 Å². The maximum Gasteiger partial charge on any atom is 1.00 e. The summed E-state index contributed by atoms with van der Waals surface area (Å²) in [6.45, 7) is 0. The molecule has 166 valence electrons. The Morgan fingerprint density at radius 3 is 1.74 bits per heavy atom. The summed E-state index contributed by atoms with van der Waals surface area (Å²) in [7, 11) is 0. The van der Waals surface area contributed by atoms with E-state index in [2.05, 4.69) is 31.9 Å². The minimum Gasteiger partial charge on any atom is -0.501 e. The average molecular weight is 604 g/mol. The van der Waals surface area contributed by atoms with Crippen LogP contribution in [0.5, 0.6) is 11.5 Å². The van der Waals surface area contributed by atoms with Crippen LogP contribution in [0.2, 0.25) is 0 Å². The van der Waals surface area contributed by atoms with Crippen LogP contribution >= 0.6 is 31.9 Å². The van der Waals surface area contributed by atoms with E-state index in [1.165, 1.54) is 24.3 Å². The average Bonchev–Trinajstić information content (AvgIpc) is 2.77. The summed E-state index contributed by atoms with van der Waals surface area (Å²) in [4.78, 5) is 33.3. The minimum atomic E-state index is -1.31.